The van der Waals surface area contributed by atoms with Gasteiger partial charge in [0.15, 0.2) is 6.61 Å². The number of carbonyl (C=O) groups excluding carboxylic acids is 1. The number of hydrogen-bond acceptors (Lipinski definition) is 4. The fourth-order valence-electron chi connectivity index (χ4n) is 1.86. The van der Waals surface area contributed by atoms with E-state index in [0.29, 0.717) is 0 Å². The average molecular weight is 445 g/mol. The van der Waals surface area contributed by atoms with Gasteiger partial charge < -0.3 is 10.1 Å². The van der Waals surface area contributed by atoms with Gasteiger partial charge in [0.05, 0.1) is 25.7 Å². The number of halogens is 5. The number of carbonyl (C=O) groups is 1. The van der Waals surface area contributed by atoms with E-state index in [9.17, 15) is 22.0 Å². The maximum Gasteiger partial charge on any atom is 0.341 e. The third-order valence-electron chi connectivity index (χ3n) is 3.04. The zero-order valence-electron chi connectivity index (χ0n) is 12.7. The van der Waals surface area contributed by atoms with Crippen LogP contribution < -0.4 is 10.1 Å². The van der Waals surface area contributed by atoms with Crippen molar-refractivity contribution in [3.63, 3.8) is 0 Å². The Balaban J connectivity index is 2.14. The molecule has 0 aliphatic rings. The molecule has 1 N–H and O–H groups in total. The molecule has 0 aromatic heterocycles. The number of anilines is 1. The highest BCUT2D eigenvalue weighted by Gasteiger charge is 2.29. The first-order valence-corrected chi connectivity index (χ1v) is 9.49. The van der Waals surface area contributed by atoms with E-state index in [1.807, 2.05) is 0 Å². The zero-order valence-corrected chi connectivity index (χ0v) is 15.8. The normalized spacial score (nSPS) is 11.5. The summed E-state index contributed by atoms with van der Waals surface area (Å²) in [4.78, 5) is 11.3. The van der Waals surface area contributed by atoms with Crippen LogP contribution in [0, 0.1) is 0 Å². The van der Waals surface area contributed by atoms with Crippen LogP contribution in [0.4, 0.5) is 14.5 Å². The summed E-state index contributed by atoms with van der Waals surface area (Å²) in [6.07, 6.45) is 0. The van der Waals surface area contributed by atoms with E-state index in [0.717, 1.165) is 6.07 Å². The maximum atomic E-state index is 12.7. The second-order valence-corrected chi connectivity index (χ2v) is 7.94. The van der Waals surface area contributed by atoms with Gasteiger partial charge in [-0.1, -0.05) is 46.9 Å². The fraction of sp³-hybridized carbons (Fsp3) is 0.133. The molecule has 2 aromatic rings. The van der Waals surface area contributed by atoms with E-state index in [1.54, 1.807) is 0 Å². The molecule has 2 aromatic carbocycles. The Morgan fingerprint density at radius 1 is 1.08 bits per heavy atom. The van der Waals surface area contributed by atoms with Gasteiger partial charge in [-0.25, -0.2) is 8.42 Å². The van der Waals surface area contributed by atoms with E-state index >= 15 is 0 Å². The molecule has 0 aliphatic heterocycles. The van der Waals surface area contributed by atoms with Gasteiger partial charge >= 0.3 is 5.76 Å². The summed E-state index contributed by atoms with van der Waals surface area (Å²) in [5.74, 6) is -4.33. The molecule has 0 saturated carbocycles. The van der Waals surface area contributed by atoms with Gasteiger partial charge in [-0.2, -0.15) is 8.78 Å². The second kappa shape index (κ2) is 8.39. The number of sulfone groups is 1. The molecular formula is C15H10Cl3F2NO4S. The highest BCUT2D eigenvalue weighted by atomic mass is 35.5. The molecule has 140 valence electrons. The molecule has 0 fully saturated rings. The monoisotopic (exact) mass is 443 g/mol. The van der Waals surface area contributed by atoms with E-state index < -0.39 is 33.0 Å². The van der Waals surface area contributed by atoms with Crippen molar-refractivity contribution in [3.05, 3.63) is 51.5 Å². The van der Waals surface area contributed by atoms with Gasteiger partial charge in [-0.15, -0.1) is 0 Å². The molecule has 0 heterocycles. The van der Waals surface area contributed by atoms with E-state index in [4.69, 9.17) is 39.5 Å². The van der Waals surface area contributed by atoms with Crippen molar-refractivity contribution in [2.24, 2.45) is 0 Å². The molecule has 0 radical (unpaired) electrons. The van der Waals surface area contributed by atoms with Gasteiger partial charge in [0.1, 0.15) is 5.75 Å². The van der Waals surface area contributed by atoms with E-state index in [2.05, 4.69) is 5.32 Å². The number of alkyl halides is 2. The van der Waals surface area contributed by atoms with Gasteiger partial charge in [0, 0.05) is 6.07 Å². The molecule has 1 amide bonds. The lowest BCUT2D eigenvalue weighted by atomic mass is 10.3. The second-order valence-electron chi connectivity index (χ2n) is 4.84. The summed E-state index contributed by atoms with van der Waals surface area (Å²) < 4.78 is 54.0. The Kier molecular flexibility index (Phi) is 6.68. The quantitative estimate of drug-likeness (QED) is 0.658. The zero-order chi connectivity index (χ0) is 19.5. The predicted molar refractivity (Wildman–Crippen MR) is 95.2 cm³/mol. The lowest BCUT2D eigenvalue weighted by molar-refractivity contribution is -0.118. The highest BCUT2D eigenvalue weighted by Crippen LogP contribution is 2.34. The predicted octanol–water partition coefficient (Wildman–Crippen LogP) is 4.66. The summed E-state index contributed by atoms with van der Waals surface area (Å²) in [7, 11) is -4.88. The molecule has 26 heavy (non-hydrogen) atoms. The van der Waals surface area contributed by atoms with Crippen molar-refractivity contribution < 1.29 is 26.7 Å². The van der Waals surface area contributed by atoms with Crippen LogP contribution >= 0.6 is 34.8 Å². The number of ether oxygens (including phenoxy) is 1. The summed E-state index contributed by atoms with van der Waals surface area (Å²) in [5, 5.41) is 2.66. The van der Waals surface area contributed by atoms with Crippen molar-refractivity contribution in [2.75, 3.05) is 11.9 Å². The lowest BCUT2D eigenvalue weighted by Crippen LogP contribution is -2.22. The highest BCUT2D eigenvalue weighted by molar-refractivity contribution is 7.91. The van der Waals surface area contributed by atoms with Gasteiger partial charge in [0.25, 0.3) is 5.91 Å². The van der Waals surface area contributed by atoms with Crippen molar-refractivity contribution in [1.29, 1.82) is 0 Å². The first-order valence-electron chi connectivity index (χ1n) is 6.81. The lowest BCUT2D eigenvalue weighted by Gasteiger charge is -2.12. The van der Waals surface area contributed by atoms with E-state index in [1.165, 1.54) is 30.3 Å². The molecule has 0 saturated heterocycles. The fourth-order valence-corrected chi connectivity index (χ4v) is 3.34. The smallest absolute Gasteiger partial charge is 0.341 e. The summed E-state index contributed by atoms with van der Waals surface area (Å²) in [6.45, 7) is -0.569. The number of rotatable bonds is 6. The first kappa shape index (κ1) is 20.7. The van der Waals surface area contributed by atoms with Crippen LogP contribution in [0.5, 0.6) is 5.75 Å². The summed E-state index contributed by atoms with van der Waals surface area (Å²) in [5.41, 5.74) is -0.290. The van der Waals surface area contributed by atoms with Crippen LogP contribution in [-0.4, -0.2) is 26.7 Å². The van der Waals surface area contributed by atoms with Crippen molar-refractivity contribution in [1.82, 2.24) is 0 Å². The minimum Gasteiger partial charge on any atom is -0.482 e. The van der Waals surface area contributed by atoms with Gasteiger partial charge in [-0.3, -0.25) is 4.79 Å². The largest absolute Gasteiger partial charge is 0.482 e. The number of nitrogens with one attached hydrogen (secondary N) is 1. The van der Waals surface area contributed by atoms with E-state index in [-0.39, 0.29) is 26.5 Å². The molecule has 0 aliphatic carbocycles. The molecule has 5 nitrogen and oxygen atoms in total. The molecule has 0 atom stereocenters. The first-order chi connectivity index (χ1) is 12.1. The number of hydrogen-bond donors (Lipinski definition) is 1. The molecule has 0 spiro atoms. The standard InChI is InChI=1S/C15H10Cl3F2NO4S/c16-8-5-10(18)12(6-9(8)17)25-7-14(22)21-11-3-1-2-4-13(11)26(23,24)15(19)20/h1-6,15H,7H2,(H,21,22). The Morgan fingerprint density at radius 2 is 1.69 bits per heavy atom. The van der Waals surface area contributed by atoms with Crippen LogP contribution in [0.2, 0.25) is 15.1 Å². The average Bonchev–Trinajstić information content (AvgIpc) is 2.57. The third-order valence-corrected chi connectivity index (χ3v) is 5.49. The minimum absolute atomic E-state index is 0.0738. The van der Waals surface area contributed by atoms with Crippen molar-refractivity contribution in [2.45, 2.75) is 10.7 Å². The Bertz CT molecular complexity index is 938. The Morgan fingerprint density at radius 3 is 2.35 bits per heavy atom. The van der Waals surface area contributed by atoms with Crippen LogP contribution in [0.1, 0.15) is 0 Å². The Labute approximate surface area is 162 Å². The number of amides is 1. The number of benzene rings is 2. The minimum atomic E-state index is -4.88. The molecule has 0 bridgehead atoms. The molecule has 0 unspecified atom stereocenters. The van der Waals surface area contributed by atoms with Crippen LogP contribution in [0.3, 0.4) is 0 Å². The third kappa shape index (κ3) is 4.76. The molecule has 11 heteroatoms. The summed E-state index contributed by atoms with van der Waals surface area (Å²) >= 11 is 17.5. The molecule has 2 rings (SSSR count). The summed E-state index contributed by atoms with van der Waals surface area (Å²) in [6, 6.07) is 7.42. The SMILES string of the molecule is O=C(COc1cc(Cl)c(Cl)cc1Cl)Nc1ccccc1S(=O)(=O)C(F)F. The van der Waals surface area contributed by atoms with Crippen LogP contribution in [0.15, 0.2) is 41.3 Å². The van der Waals surface area contributed by atoms with Gasteiger partial charge in [-0.05, 0) is 18.2 Å². The van der Waals surface area contributed by atoms with Crippen molar-refractivity contribution in [3.8, 4) is 5.75 Å². The topological polar surface area (TPSA) is 72.5 Å². The van der Waals surface area contributed by atoms with Crippen molar-refractivity contribution >= 4 is 56.2 Å². The maximum absolute atomic E-state index is 12.7. The number of para-hydroxylation sites is 1. The van der Waals surface area contributed by atoms with Gasteiger partial charge in [0.2, 0.25) is 9.84 Å². The van der Waals surface area contributed by atoms with Crippen LogP contribution in [0.25, 0.3) is 0 Å². The van der Waals surface area contributed by atoms with Crippen LogP contribution in [-0.2, 0) is 14.6 Å². The molecular weight excluding hydrogens is 435 g/mol. The Hall–Kier alpha value is -1.61.